The van der Waals surface area contributed by atoms with E-state index in [4.69, 9.17) is 0 Å². The van der Waals surface area contributed by atoms with Crippen LogP contribution in [0.15, 0.2) is 0 Å². The van der Waals surface area contributed by atoms with Crippen LogP contribution in [0.3, 0.4) is 0 Å². The van der Waals surface area contributed by atoms with Crippen LogP contribution in [-0.2, 0) is 0 Å². The Hall–Kier alpha value is -0.110. The van der Waals surface area contributed by atoms with Gasteiger partial charge in [-0.25, -0.2) is 4.39 Å². The molecule has 0 aliphatic carbocycles. The Kier molecular flexibility index (Phi) is 6.34. The van der Waals surface area contributed by atoms with Crippen LogP contribution in [0.5, 0.6) is 0 Å². The molecule has 0 saturated heterocycles. The molecule has 1 nitrogen and oxygen atoms in total. The van der Waals surface area contributed by atoms with E-state index in [0.29, 0.717) is 18.9 Å². The van der Waals surface area contributed by atoms with Crippen molar-refractivity contribution in [2.45, 2.75) is 65.6 Å². The Morgan fingerprint density at radius 2 is 1.64 bits per heavy atom. The van der Waals surface area contributed by atoms with Crippen molar-refractivity contribution in [3.05, 3.63) is 0 Å². The van der Waals surface area contributed by atoms with Crippen molar-refractivity contribution >= 4 is 0 Å². The second kappa shape index (κ2) is 6.39. The Balaban J connectivity index is 3.69. The molecule has 0 radical (unpaired) electrons. The van der Waals surface area contributed by atoms with Gasteiger partial charge in [0.15, 0.2) is 0 Å². The summed E-state index contributed by atoms with van der Waals surface area (Å²) in [5.74, 6) is 0.548. The van der Waals surface area contributed by atoms with Gasteiger partial charge in [0.25, 0.3) is 0 Å². The second-order valence-electron chi connectivity index (χ2n) is 5.15. The minimum Gasteiger partial charge on any atom is -0.309 e. The summed E-state index contributed by atoms with van der Waals surface area (Å²) in [6.07, 6.45) is 2.19. The van der Waals surface area contributed by atoms with Crippen LogP contribution in [0.2, 0.25) is 0 Å². The third-order valence-corrected chi connectivity index (χ3v) is 2.60. The van der Waals surface area contributed by atoms with Gasteiger partial charge in [0, 0.05) is 12.1 Å². The smallest absolute Gasteiger partial charge is 0.113 e. The van der Waals surface area contributed by atoms with Crippen molar-refractivity contribution in [3.8, 4) is 0 Å². The number of nitrogens with one attached hydrogen (secondary N) is 1. The van der Waals surface area contributed by atoms with Crippen LogP contribution in [0.4, 0.5) is 4.39 Å². The third kappa shape index (κ3) is 7.31. The highest BCUT2D eigenvalue weighted by atomic mass is 19.1. The van der Waals surface area contributed by atoms with Crippen molar-refractivity contribution in [2.75, 3.05) is 6.54 Å². The maximum Gasteiger partial charge on any atom is 0.113 e. The first kappa shape index (κ1) is 13.9. The molecule has 1 atom stereocenters. The summed E-state index contributed by atoms with van der Waals surface area (Å²) in [5, 5.41) is 3.20. The van der Waals surface area contributed by atoms with Gasteiger partial charge in [-0.2, -0.15) is 0 Å². The molecular weight excluding hydrogens is 177 g/mol. The van der Waals surface area contributed by atoms with Crippen LogP contribution >= 0.6 is 0 Å². The third-order valence-electron chi connectivity index (χ3n) is 2.60. The van der Waals surface area contributed by atoms with Crippen molar-refractivity contribution in [1.82, 2.24) is 5.32 Å². The molecule has 0 aromatic rings. The number of alkyl halides is 1. The second-order valence-corrected chi connectivity index (χ2v) is 5.15. The van der Waals surface area contributed by atoms with Gasteiger partial charge in [0.1, 0.15) is 6.17 Å². The average Bonchev–Trinajstić information content (AvgIpc) is 2.09. The van der Waals surface area contributed by atoms with E-state index in [9.17, 15) is 4.39 Å². The summed E-state index contributed by atoms with van der Waals surface area (Å²) in [4.78, 5) is 0. The van der Waals surface area contributed by atoms with E-state index in [2.05, 4.69) is 39.9 Å². The minimum absolute atomic E-state index is 0.0261. The maximum atomic E-state index is 13.5. The van der Waals surface area contributed by atoms with E-state index < -0.39 is 6.17 Å². The number of halogens is 1. The molecule has 0 saturated carbocycles. The lowest BCUT2D eigenvalue weighted by Crippen LogP contribution is -2.40. The largest absolute Gasteiger partial charge is 0.309 e. The highest BCUT2D eigenvalue weighted by molar-refractivity contribution is 4.74. The molecule has 86 valence electrons. The fourth-order valence-corrected chi connectivity index (χ4v) is 1.48. The molecule has 0 spiro atoms. The topological polar surface area (TPSA) is 12.0 Å². The van der Waals surface area contributed by atoms with Gasteiger partial charge < -0.3 is 5.32 Å². The van der Waals surface area contributed by atoms with E-state index in [1.165, 1.54) is 0 Å². The van der Waals surface area contributed by atoms with Gasteiger partial charge in [0.05, 0.1) is 0 Å². The van der Waals surface area contributed by atoms with E-state index in [0.717, 1.165) is 12.8 Å². The predicted octanol–water partition coefficient (Wildman–Crippen LogP) is 3.54. The van der Waals surface area contributed by atoms with E-state index in [-0.39, 0.29) is 5.54 Å². The molecule has 0 rings (SSSR count). The highest BCUT2D eigenvalue weighted by Crippen LogP contribution is 2.16. The minimum atomic E-state index is -0.695. The van der Waals surface area contributed by atoms with Crippen molar-refractivity contribution < 1.29 is 4.39 Å². The molecule has 0 heterocycles. The summed E-state index contributed by atoms with van der Waals surface area (Å²) >= 11 is 0. The van der Waals surface area contributed by atoms with Crippen LogP contribution in [-0.4, -0.2) is 18.3 Å². The van der Waals surface area contributed by atoms with Crippen LogP contribution in [0.25, 0.3) is 0 Å². The normalized spacial score (nSPS) is 14.8. The zero-order valence-corrected chi connectivity index (χ0v) is 10.4. The standard InChI is InChI=1S/C12H26FN/c1-6-10(7-2)8-11(13)9-14-12(3,4)5/h10-11,14H,6-9H2,1-5H3. The molecule has 0 aliphatic rings. The molecule has 0 fully saturated rings. The van der Waals surface area contributed by atoms with Gasteiger partial charge in [-0.05, 0) is 33.1 Å². The molecular formula is C12H26FN. The zero-order valence-electron chi connectivity index (χ0n) is 10.4. The summed E-state index contributed by atoms with van der Waals surface area (Å²) < 4.78 is 13.5. The predicted molar refractivity (Wildman–Crippen MR) is 61.3 cm³/mol. The lowest BCUT2D eigenvalue weighted by atomic mass is 9.96. The van der Waals surface area contributed by atoms with E-state index >= 15 is 0 Å². The Labute approximate surface area is 88.5 Å². The molecule has 1 unspecified atom stereocenters. The molecule has 2 heteroatoms. The van der Waals surface area contributed by atoms with Crippen molar-refractivity contribution in [1.29, 1.82) is 0 Å². The summed E-state index contributed by atoms with van der Waals surface area (Å²) in [6, 6.07) is 0. The molecule has 0 aliphatic heterocycles. The Morgan fingerprint density at radius 1 is 1.14 bits per heavy atom. The van der Waals surface area contributed by atoms with Crippen LogP contribution < -0.4 is 5.32 Å². The number of rotatable bonds is 6. The van der Waals surface area contributed by atoms with Gasteiger partial charge in [-0.15, -0.1) is 0 Å². The molecule has 0 aromatic carbocycles. The lowest BCUT2D eigenvalue weighted by Gasteiger charge is -2.23. The quantitative estimate of drug-likeness (QED) is 0.696. The first-order valence-corrected chi connectivity index (χ1v) is 5.78. The first-order valence-electron chi connectivity index (χ1n) is 5.78. The van der Waals surface area contributed by atoms with Gasteiger partial charge in [-0.3, -0.25) is 0 Å². The molecule has 0 amide bonds. The first-order chi connectivity index (χ1) is 6.39. The van der Waals surface area contributed by atoms with Gasteiger partial charge >= 0.3 is 0 Å². The fraction of sp³-hybridized carbons (Fsp3) is 1.00. The summed E-state index contributed by atoms with van der Waals surface area (Å²) in [6.45, 7) is 11.0. The number of hydrogen-bond acceptors (Lipinski definition) is 1. The zero-order chi connectivity index (χ0) is 11.2. The molecule has 0 bridgehead atoms. The molecule has 0 aromatic heterocycles. The van der Waals surface area contributed by atoms with Crippen molar-refractivity contribution in [3.63, 3.8) is 0 Å². The Morgan fingerprint density at radius 3 is 2.00 bits per heavy atom. The fourth-order valence-electron chi connectivity index (χ4n) is 1.48. The van der Waals surface area contributed by atoms with Crippen LogP contribution in [0.1, 0.15) is 53.9 Å². The van der Waals surface area contributed by atoms with Crippen molar-refractivity contribution in [2.24, 2.45) is 5.92 Å². The summed E-state index contributed by atoms with van der Waals surface area (Å²) in [7, 11) is 0. The van der Waals surface area contributed by atoms with Crippen LogP contribution in [0, 0.1) is 5.92 Å². The number of hydrogen-bond donors (Lipinski definition) is 1. The van der Waals surface area contributed by atoms with E-state index in [1.54, 1.807) is 0 Å². The summed E-state index contributed by atoms with van der Waals surface area (Å²) in [5.41, 5.74) is 0.0261. The van der Waals surface area contributed by atoms with E-state index in [1.807, 2.05) is 0 Å². The highest BCUT2D eigenvalue weighted by Gasteiger charge is 2.16. The maximum absolute atomic E-state index is 13.5. The van der Waals surface area contributed by atoms with Gasteiger partial charge in [0.2, 0.25) is 0 Å². The lowest BCUT2D eigenvalue weighted by molar-refractivity contribution is 0.234. The average molecular weight is 203 g/mol. The Bertz CT molecular complexity index is 136. The van der Waals surface area contributed by atoms with Gasteiger partial charge in [-0.1, -0.05) is 26.7 Å². The molecule has 14 heavy (non-hydrogen) atoms. The monoisotopic (exact) mass is 203 g/mol. The SMILES string of the molecule is CCC(CC)CC(F)CNC(C)(C)C. The molecule has 1 N–H and O–H groups in total.